The molecule has 0 spiro atoms. The minimum absolute atomic E-state index is 0. The molecule has 0 N–H and O–H groups in total. The van der Waals surface area contributed by atoms with Crippen molar-refractivity contribution < 1.29 is 34.6 Å². The fourth-order valence-electron chi connectivity index (χ4n) is 2.69. The van der Waals surface area contributed by atoms with Crippen molar-refractivity contribution in [2.24, 2.45) is 0 Å². The van der Waals surface area contributed by atoms with Crippen LogP contribution in [0.1, 0.15) is 22.9 Å². The molecule has 3 aromatic rings. The first-order valence-electron chi connectivity index (χ1n) is 8.49. The van der Waals surface area contributed by atoms with Gasteiger partial charge in [0, 0.05) is 0 Å². The van der Waals surface area contributed by atoms with Gasteiger partial charge in [0.2, 0.25) is 0 Å². The third-order valence-electron chi connectivity index (χ3n) is 4.12. The van der Waals surface area contributed by atoms with E-state index < -0.39 is 0 Å². The zero-order valence-electron chi connectivity index (χ0n) is 17.2. The predicted octanol–water partition coefficient (Wildman–Crippen LogP) is 2.50. The van der Waals surface area contributed by atoms with Crippen molar-refractivity contribution in [3.63, 3.8) is 0 Å². The van der Waals surface area contributed by atoms with Crippen molar-refractivity contribution in [3.8, 4) is 11.5 Å². The van der Waals surface area contributed by atoms with Gasteiger partial charge in [0.1, 0.15) is 18.1 Å². The molecule has 0 saturated heterocycles. The van der Waals surface area contributed by atoms with Crippen LogP contribution < -0.4 is 33.6 Å². The van der Waals surface area contributed by atoms with Crippen LogP contribution in [0.15, 0.2) is 66.7 Å². The Balaban J connectivity index is 0.00000210. The van der Waals surface area contributed by atoms with Crippen molar-refractivity contribution in [2.45, 2.75) is 13.5 Å². The zero-order chi connectivity index (χ0) is 19.2. The Morgan fingerprint density at radius 2 is 1.82 bits per heavy atom. The van der Waals surface area contributed by atoms with Gasteiger partial charge in [0.15, 0.2) is 5.52 Å². The van der Waals surface area contributed by atoms with E-state index in [1.54, 1.807) is 18.2 Å². The Hall–Kier alpha value is -1.75. The maximum atomic E-state index is 12.8. The molecule has 0 bridgehead atoms. The molecule has 0 aliphatic carbocycles. The quantitative estimate of drug-likeness (QED) is 0.447. The summed E-state index contributed by atoms with van der Waals surface area (Å²) in [5, 5.41) is 1.38. The third kappa shape index (κ3) is 5.63. The number of carbonyl (C=O) groups is 1. The number of rotatable bonds is 7. The molecule has 0 aliphatic rings. The molecule has 0 radical (unpaired) electrons. The van der Waals surface area contributed by atoms with Gasteiger partial charge in [-0.05, 0) is 56.2 Å². The summed E-state index contributed by atoms with van der Waals surface area (Å²) in [6.07, 6.45) is 0. The molecule has 0 heterocycles. The van der Waals surface area contributed by atoms with Crippen LogP contribution in [0.4, 0.5) is 0 Å². The summed E-state index contributed by atoms with van der Waals surface area (Å²) in [5.41, 5.74) is 2.52. The van der Waals surface area contributed by atoms with E-state index in [1.165, 1.54) is 7.11 Å². The minimum Gasteiger partial charge on any atom is -1.00 e. The summed E-state index contributed by atoms with van der Waals surface area (Å²) in [7, 11) is 1.50. The molecule has 0 fully saturated rings. The number of ether oxygens (including phenoxy) is 2. The molecule has 0 aliphatic heterocycles. The van der Waals surface area contributed by atoms with Gasteiger partial charge >= 0.3 is 18.9 Å². The van der Waals surface area contributed by atoms with Gasteiger partial charge in [0.25, 0.3) is 0 Å². The van der Waals surface area contributed by atoms with E-state index in [1.807, 2.05) is 55.5 Å². The van der Waals surface area contributed by atoms with Crippen LogP contribution >= 0.6 is 20.2 Å². The SMILES string of the molecule is COc1cccc(Cl)c1C(=O)Pc1ccc(OCc2ccccc2)cc1C.[H-].[Li+]. The Morgan fingerprint density at radius 3 is 2.50 bits per heavy atom. The predicted molar refractivity (Wildman–Crippen MR) is 113 cm³/mol. The van der Waals surface area contributed by atoms with Crippen molar-refractivity contribution in [1.29, 1.82) is 0 Å². The summed E-state index contributed by atoms with van der Waals surface area (Å²) >= 11 is 6.22. The van der Waals surface area contributed by atoms with Gasteiger partial charge in [0.05, 0.1) is 17.7 Å². The smallest absolute Gasteiger partial charge is 1.00 e. The molecule has 0 amide bonds. The van der Waals surface area contributed by atoms with Crippen LogP contribution in [-0.2, 0) is 6.61 Å². The van der Waals surface area contributed by atoms with Crippen LogP contribution in [0.5, 0.6) is 11.5 Å². The zero-order valence-corrected chi connectivity index (χ0v) is 17.9. The van der Waals surface area contributed by atoms with Crippen LogP contribution in [0.2, 0.25) is 5.02 Å². The molecule has 0 aromatic heterocycles. The van der Waals surface area contributed by atoms with Gasteiger partial charge in [-0.2, -0.15) is 0 Å². The van der Waals surface area contributed by atoms with Gasteiger partial charge in [-0.3, -0.25) is 4.79 Å². The fraction of sp³-hybridized carbons (Fsp3) is 0.136. The second-order valence-corrected chi connectivity index (χ2v) is 7.67. The minimum atomic E-state index is -0.0431. The summed E-state index contributed by atoms with van der Waals surface area (Å²) in [4.78, 5) is 12.8. The Kier molecular flexibility index (Phi) is 8.61. The van der Waals surface area contributed by atoms with Crippen LogP contribution in [-0.4, -0.2) is 12.6 Å². The number of hydrogen-bond donors (Lipinski definition) is 0. The van der Waals surface area contributed by atoms with Gasteiger partial charge < -0.3 is 10.9 Å². The maximum absolute atomic E-state index is 12.8. The largest absolute Gasteiger partial charge is 1.00 e. The molecular weight excluding hydrogens is 386 g/mol. The monoisotopic (exact) mass is 406 g/mol. The first kappa shape index (κ1) is 22.5. The Labute approximate surface area is 185 Å². The summed E-state index contributed by atoms with van der Waals surface area (Å²) in [6, 6.07) is 21.0. The summed E-state index contributed by atoms with van der Waals surface area (Å²) in [5.74, 6) is 1.29. The molecular formula is C22H21ClLiO3P. The second-order valence-electron chi connectivity index (χ2n) is 6.02. The molecule has 28 heavy (non-hydrogen) atoms. The van der Waals surface area contributed by atoms with E-state index in [-0.39, 0.29) is 34.4 Å². The van der Waals surface area contributed by atoms with E-state index in [0.717, 1.165) is 22.2 Å². The molecule has 1 atom stereocenters. The van der Waals surface area contributed by atoms with Gasteiger partial charge in [-0.15, -0.1) is 0 Å². The number of methoxy groups -OCH3 is 1. The first-order chi connectivity index (χ1) is 13.1. The molecule has 3 rings (SSSR count). The van der Waals surface area contributed by atoms with Crippen LogP contribution in [0.25, 0.3) is 0 Å². The number of hydrogen-bond acceptors (Lipinski definition) is 3. The van der Waals surface area contributed by atoms with E-state index in [9.17, 15) is 4.79 Å². The van der Waals surface area contributed by atoms with Crippen LogP contribution in [0, 0.1) is 6.92 Å². The normalized spacial score (nSPS) is 10.5. The molecule has 3 nitrogen and oxygen atoms in total. The van der Waals surface area contributed by atoms with Gasteiger partial charge in [-0.1, -0.05) is 54.1 Å². The Bertz CT molecular complexity index is 954. The average Bonchev–Trinajstić information content (AvgIpc) is 2.68. The van der Waals surface area contributed by atoms with Crippen LogP contribution in [0.3, 0.4) is 0 Å². The summed E-state index contributed by atoms with van der Waals surface area (Å²) in [6.45, 7) is 2.49. The van der Waals surface area contributed by atoms with E-state index >= 15 is 0 Å². The molecule has 140 valence electrons. The van der Waals surface area contributed by atoms with Crippen molar-refractivity contribution in [2.75, 3.05) is 7.11 Å². The molecule has 3 aromatic carbocycles. The van der Waals surface area contributed by atoms with Crippen molar-refractivity contribution in [3.05, 3.63) is 88.4 Å². The topological polar surface area (TPSA) is 35.5 Å². The Morgan fingerprint density at radius 1 is 1.07 bits per heavy atom. The number of carbonyl (C=O) groups excluding carboxylic acids is 1. The van der Waals surface area contributed by atoms with E-state index in [0.29, 0.717) is 22.9 Å². The molecule has 0 saturated carbocycles. The van der Waals surface area contributed by atoms with E-state index in [2.05, 4.69) is 0 Å². The molecule has 6 heteroatoms. The van der Waals surface area contributed by atoms with Gasteiger partial charge in [-0.25, -0.2) is 0 Å². The molecule has 1 unspecified atom stereocenters. The first-order valence-corrected chi connectivity index (χ1v) is 9.87. The number of benzene rings is 3. The standard InChI is InChI=1S/C22H20ClO3P.Li.H/c1-15-13-17(26-14-16-7-4-3-5-8-16)11-12-20(15)27-22(24)21-18(23)9-6-10-19(21)25-2;;/h3-13,27H,14H2,1-2H3;;/q;+1;-1. The van der Waals surface area contributed by atoms with E-state index in [4.69, 9.17) is 21.1 Å². The maximum Gasteiger partial charge on any atom is 1.00 e. The van der Waals surface area contributed by atoms with Crippen molar-refractivity contribution >= 4 is 31.0 Å². The number of aryl methyl sites for hydroxylation is 1. The average molecular weight is 407 g/mol. The second kappa shape index (κ2) is 10.7. The fourth-order valence-corrected chi connectivity index (χ4v) is 4.08. The van der Waals surface area contributed by atoms with Crippen molar-refractivity contribution in [1.82, 2.24) is 0 Å². The summed E-state index contributed by atoms with van der Waals surface area (Å²) < 4.78 is 11.1. The number of halogens is 1. The third-order valence-corrected chi connectivity index (χ3v) is 5.74.